The fourth-order valence-electron chi connectivity index (χ4n) is 1.67. The molecule has 0 spiro atoms. The molecule has 0 bridgehead atoms. The summed E-state index contributed by atoms with van der Waals surface area (Å²) in [7, 11) is -3.51. The SMILES string of the molecule is CCNCc1ccc(S(=O)(=O)NCCCCCSC)o1. The Kier molecular flexibility index (Phi) is 8.28. The molecule has 0 atom stereocenters. The maximum absolute atomic E-state index is 12.0. The van der Waals surface area contributed by atoms with Crippen LogP contribution in [0.3, 0.4) is 0 Å². The molecule has 7 heteroatoms. The average molecular weight is 320 g/mol. The first kappa shape index (κ1) is 17.6. The Morgan fingerprint density at radius 3 is 2.75 bits per heavy atom. The fraction of sp³-hybridized carbons (Fsp3) is 0.692. The Hall–Kier alpha value is -0.500. The number of rotatable bonds is 11. The normalized spacial score (nSPS) is 11.9. The molecular weight excluding hydrogens is 296 g/mol. The van der Waals surface area contributed by atoms with Gasteiger partial charge in [-0.1, -0.05) is 13.3 Å². The van der Waals surface area contributed by atoms with Crippen molar-refractivity contribution >= 4 is 21.8 Å². The van der Waals surface area contributed by atoms with Crippen LogP contribution in [0.2, 0.25) is 0 Å². The number of unbranched alkanes of at least 4 members (excludes halogenated alkanes) is 2. The molecule has 0 saturated heterocycles. The van der Waals surface area contributed by atoms with Crippen molar-refractivity contribution in [1.82, 2.24) is 10.0 Å². The molecule has 1 aromatic rings. The summed E-state index contributed by atoms with van der Waals surface area (Å²) < 4.78 is 31.9. The molecule has 0 aromatic carbocycles. The maximum atomic E-state index is 12.0. The van der Waals surface area contributed by atoms with Crippen LogP contribution in [0.25, 0.3) is 0 Å². The van der Waals surface area contributed by atoms with E-state index in [-0.39, 0.29) is 5.09 Å². The molecule has 0 aliphatic carbocycles. The largest absolute Gasteiger partial charge is 0.447 e. The van der Waals surface area contributed by atoms with Crippen LogP contribution >= 0.6 is 11.8 Å². The molecule has 2 N–H and O–H groups in total. The van der Waals surface area contributed by atoms with E-state index in [9.17, 15) is 8.42 Å². The van der Waals surface area contributed by atoms with Crippen molar-refractivity contribution in [2.24, 2.45) is 0 Å². The smallest absolute Gasteiger partial charge is 0.273 e. The highest BCUT2D eigenvalue weighted by molar-refractivity contribution is 7.98. The van der Waals surface area contributed by atoms with Crippen molar-refractivity contribution in [2.75, 3.05) is 25.1 Å². The third kappa shape index (κ3) is 6.30. The first-order chi connectivity index (χ1) is 9.60. The van der Waals surface area contributed by atoms with Crippen LogP contribution in [0.5, 0.6) is 0 Å². The number of nitrogens with one attached hydrogen (secondary N) is 2. The molecule has 0 fully saturated rings. The van der Waals surface area contributed by atoms with Crippen molar-refractivity contribution in [1.29, 1.82) is 0 Å². The summed E-state index contributed by atoms with van der Waals surface area (Å²) in [6, 6.07) is 3.19. The molecule has 0 unspecified atom stereocenters. The number of hydrogen-bond donors (Lipinski definition) is 2. The molecule has 1 aromatic heterocycles. The molecule has 20 heavy (non-hydrogen) atoms. The summed E-state index contributed by atoms with van der Waals surface area (Å²) in [5, 5.41) is 3.09. The number of thioether (sulfide) groups is 1. The van der Waals surface area contributed by atoms with E-state index >= 15 is 0 Å². The van der Waals surface area contributed by atoms with E-state index in [4.69, 9.17) is 4.42 Å². The molecule has 5 nitrogen and oxygen atoms in total. The van der Waals surface area contributed by atoms with Gasteiger partial charge < -0.3 is 9.73 Å². The summed E-state index contributed by atoms with van der Waals surface area (Å²) in [4.78, 5) is 0. The van der Waals surface area contributed by atoms with E-state index in [1.54, 1.807) is 6.07 Å². The zero-order valence-corrected chi connectivity index (χ0v) is 13.8. The standard InChI is InChI=1S/C13H24N2O3S2/c1-3-14-11-12-7-8-13(18-12)20(16,17)15-9-5-4-6-10-19-2/h7-8,14-15H,3-6,9-11H2,1-2H3. The number of hydrogen-bond acceptors (Lipinski definition) is 5. The van der Waals surface area contributed by atoms with Gasteiger partial charge in [0.1, 0.15) is 5.76 Å². The van der Waals surface area contributed by atoms with Gasteiger partial charge in [-0.15, -0.1) is 0 Å². The van der Waals surface area contributed by atoms with E-state index in [0.29, 0.717) is 18.8 Å². The average Bonchev–Trinajstić information content (AvgIpc) is 2.90. The lowest BCUT2D eigenvalue weighted by molar-refractivity contribution is 0.401. The zero-order valence-electron chi connectivity index (χ0n) is 12.1. The molecule has 0 aliphatic rings. The summed E-state index contributed by atoms with van der Waals surface area (Å²) >= 11 is 1.81. The third-order valence-electron chi connectivity index (χ3n) is 2.77. The van der Waals surface area contributed by atoms with Gasteiger partial charge in [-0.25, -0.2) is 13.1 Å². The molecule has 116 valence electrons. The predicted molar refractivity (Wildman–Crippen MR) is 83.5 cm³/mol. The number of furan rings is 1. The maximum Gasteiger partial charge on any atom is 0.273 e. The minimum absolute atomic E-state index is 0.00508. The Labute approximate surface area is 125 Å². The van der Waals surface area contributed by atoms with Gasteiger partial charge in [-0.3, -0.25) is 0 Å². The highest BCUT2D eigenvalue weighted by atomic mass is 32.2. The van der Waals surface area contributed by atoms with E-state index in [2.05, 4.69) is 16.3 Å². The molecule has 0 amide bonds. The van der Waals surface area contributed by atoms with Crippen molar-refractivity contribution < 1.29 is 12.8 Å². The molecule has 1 rings (SSSR count). The third-order valence-corrected chi connectivity index (χ3v) is 4.80. The van der Waals surface area contributed by atoms with Gasteiger partial charge in [0, 0.05) is 6.54 Å². The van der Waals surface area contributed by atoms with Crippen LogP contribution in [0.1, 0.15) is 31.9 Å². The molecular formula is C13H24N2O3S2. The van der Waals surface area contributed by atoms with Crippen molar-refractivity contribution in [3.05, 3.63) is 17.9 Å². The van der Waals surface area contributed by atoms with Crippen molar-refractivity contribution in [2.45, 2.75) is 37.8 Å². The van der Waals surface area contributed by atoms with Gasteiger partial charge in [0.05, 0.1) is 6.54 Å². The summed E-state index contributed by atoms with van der Waals surface area (Å²) in [6.07, 6.45) is 5.08. The Balaban J connectivity index is 2.38. The molecule has 0 radical (unpaired) electrons. The van der Waals surface area contributed by atoms with Crippen LogP contribution in [-0.4, -0.2) is 33.5 Å². The second-order valence-electron chi connectivity index (χ2n) is 4.45. The van der Waals surface area contributed by atoms with E-state index in [0.717, 1.165) is 31.6 Å². The fourth-order valence-corrected chi connectivity index (χ4v) is 3.18. The van der Waals surface area contributed by atoms with E-state index in [1.165, 1.54) is 6.07 Å². The predicted octanol–water partition coefficient (Wildman–Crippen LogP) is 2.20. The minimum atomic E-state index is -3.51. The minimum Gasteiger partial charge on any atom is -0.447 e. The van der Waals surface area contributed by atoms with E-state index in [1.807, 2.05) is 18.7 Å². The summed E-state index contributed by atoms with van der Waals surface area (Å²) in [5.74, 6) is 1.76. The van der Waals surface area contributed by atoms with Crippen LogP contribution in [0, 0.1) is 0 Å². The first-order valence-corrected chi connectivity index (χ1v) is 9.76. The quantitative estimate of drug-likeness (QED) is 0.612. The lowest BCUT2D eigenvalue weighted by atomic mass is 10.2. The molecule has 0 aliphatic heterocycles. The highest BCUT2D eigenvalue weighted by Crippen LogP contribution is 2.13. The Morgan fingerprint density at radius 2 is 2.05 bits per heavy atom. The lowest BCUT2D eigenvalue weighted by Crippen LogP contribution is -2.24. The first-order valence-electron chi connectivity index (χ1n) is 6.88. The van der Waals surface area contributed by atoms with Crippen LogP contribution in [-0.2, 0) is 16.6 Å². The van der Waals surface area contributed by atoms with Crippen LogP contribution < -0.4 is 10.0 Å². The monoisotopic (exact) mass is 320 g/mol. The molecule has 1 heterocycles. The van der Waals surface area contributed by atoms with Gasteiger partial charge in [-0.2, -0.15) is 11.8 Å². The summed E-state index contributed by atoms with van der Waals surface area (Å²) in [5.41, 5.74) is 0. The second-order valence-corrected chi connectivity index (χ2v) is 7.14. The van der Waals surface area contributed by atoms with Gasteiger partial charge in [-0.05, 0) is 43.5 Å². The van der Waals surface area contributed by atoms with Gasteiger partial charge in [0.15, 0.2) is 0 Å². The zero-order chi connectivity index (χ0) is 14.8. The number of sulfonamides is 1. The summed E-state index contributed by atoms with van der Waals surface area (Å²) in [6.45, 7) is 3.80. The van der Waals surface area contributed by atoms with Gasteiger partial charge in [0.25, 0.3) is 10.0 Å². The van der Waals surface area contributed by atoms with E-state index < -0.39 is 10.0 Å². The second kappa shape index (κ2) is 9.44. The lowest BCUT2D eigenvalue weighted by Gasteiger charge is -2.04. The van der Waals surface area contributed by atoms with Crippen LogP contribution in [0.15, 0.2) is 21.6 Å². The topological polar surface area (TPSA) is 71.3 Å². The van der Waals surface area contributed by atoms with Gasteiger partial charge >= 0.3 is 0 Å². The highest BCUT2D eigenvalue weighted by Gasteiger charge is 2.17. The van der Waals surface area contributed by atoms with Crippen molar-refractivity contribution in [3.8, 4) is 0 Å². The van der Waals surface area contributed by atoms with Crippen molar-refractivity contribution in [3.63, 3.8) is 0 Å². The molecule has 0 saturated carbocycles. The van der Waals surface area contributed by atoms with Gasteiger partial charge in [0.2, 0.25) is 5.09 Å². The Morgan fingerprint density at radius 1 is 1.25 bits per heavy atom. The Bertz CT molecular complexity index is 472. The van der Waals surface area contributed by atoms with Crippen LogP contribution in [0.4, 0.5) is 0 Å².